The highest BCUT2D eigenvalue weighted by Crippen LogP contribution is 2.19. The number of benzene rings is 1. The normalized spacial score (nSPS) is 18.6. The second-order valence-electron chi connectivity index (χ2n) is 5.09. The summed E-state index contributed by atoms with van der Waals surface area (Å²) in [5, 5.41) is 3.67. The first-order valence-electron chi connectivity index (χ1n) is 6.71. The molecular formula is C14H17N3O3. The Labute approximate surface area is 115 Å². The third-order valence-electron chi connectivity index (χ3n) is 3.80. The quantitative estimate of drug-likeness (QED) is 0.845. The van der Waals surface area contributed by atoms with Crippen molar-refractivity contribution in [1.29, 1.82) is 0 Å². The van der Waals surface area contributed by atoms with Gasteiger partial charge in [0.1, 0.15) is 11.1 Å². The molecule has 106 valence electrons. The van der Waals surface area contributed by atoms with E-state index in [0.717, 1.165) is 19.5 Å². The highest BCUT2D eigenvalue weighted by Gasteiger charge is 2.18. The van der Waals surface area contributed by atoms with Gasteiger partial charge in [0.15, 0.2) is 0 Å². The Balaban J connectivity index is 2.16. The number of ether oxygens (including phenoxy) is 1. The smallest absolute Gasteiger partial charge is 0.328 e. The van der Waals surface area contributed by atoms with Gasteiger partial charge in [0, 0.05) is 6.54 Å². The van der Waals surface area contributed by atoms with E-state index in [1.54, 1.807) is 18.2 Å². The van der Waals surface area contributed by atoms with E-state index in [-0.39, 0.29) is 11.2 Å². The number of H-pyrrole nitrogens is 1. The number of hydrogen-bond acceptors (Lipinski definition) is 4. The number of rotatable bonds is 3. The molecule has 2 aromatic rings. The zero-order chi connectivity index (χ0) is 14.1. The average molecular weight is 275 g/mol. The van der Waals surface area contributed by atoms with Gasteiger partial charge in [-0.25, -0.2) is 4.79 Å². The summed E-state index contributed by atoms with van der Waals surface area (Å²) in [6, 6.07) is 5.19. The van der Waals surface area contributed by atoms with Crippen LogP contribution in [0, 0.1) is 5.92 Å². The summed E-state index contributed by atoms with van der Waals surface area (Å²) < 4.78 is 6.51. The lowest BCUT2D eigenvalue weighted by Crippen LogP contribution is -2.37. The van der Waals surface area contributed by atoms with Crippen LogP contribution in [0.4, 0.5) is 0 Å². The van der Waals surface area contributed by atoms with Crippen molar-refractivity contribution in [2.45, 2.75) is 13.0 Å². The monoisotopic (exact) mass is 275 g/mol. The lowest BCUT2D eigenvalue weighted by molar-refractivity contribution is 0.417. The van der Waals surface area contributed by atoms with E-state index in [1.807, 2.05) is 0 Å². The van der Waals surface area contributed by atoms with Crippen molar-refractivity contribution < 1.29 is 4.74 Å². The first-order valence-corrected chi connectivity index (χ1v) is 6.71. The minimum Gasteiger partial charge on any atom is -0.496 e. The summed E-state index contributed by atoms with van der Waals surface area (Å²) in [4.78, 5) is 27.4. The predicted molar refractivity (Wildman–Crippen MR) is 76.4 cm³/mol. The van der Waals surface area contributed by atoms with Crippen LogP contribution in [-0.4, -0.2) is 29.8 Å². The van der Waals surface area contributed by atoms with Crippen molar-refractivity contribution in [1.82, 2.24) is 14.9 Å². The summed E-state index contributed by atoms with van der Waals surface area (Å²) >= 11 is 0. The van der Waals surface area contributed by atoms with Crippen LogP contribution in [0.3, 0.4) is 0 Å². The molecule has 0 bridgehead atoms. The van der Waals surface area contributed by atoms with Crippen LogP contribution >= 0.6 is 0 Å². The van der Waals surface area contributed by atoms with Crippen molar-refractivity contribution in [3.05, 3.63) is 39.0 Å². The van der Waals surface area contributed by atoms with Gasteiger partial charge in [-0.3, -0.25) is 9.36 Å². The summed E-state index contributed by atoms with van der Waals surface area (Å²) in [5.41, 5.74) is -0.129. The number of nitrogens with zero attached hydrogens (tertiary/aromatic N) is 1. The minimum atomic E-state index is -0.359. The summed E-state index contributed by atoms with van der Waals surface area (Å²) in [6.07, 6.45) is 0.982. The standard InChI is InChI=1S/C14H17N3O3/c1-20-11-4-2-3-10-12(11)13(18)17(14(19)16-10)8-9-5-6-15-7-9/h2-4,9,15H,5-8H2,1H3,(H,16,19). The first-order chi connectivity index (χ1) is 9.70. The molecule has 3 rings (SSSR count). The van der Waals surface area contributed by atoms with Crippen LogP contribution in [0.2, 0.25) is 0 Å². The lowest BCUT2D eigenvalue weighted by atomic mass is 10.1. The molecule has 0 spiro atoms. The molecular weight excluding hydrogens is 258 g/mol. The van der Waals surface area contributed by atoms with Crippen molar-refractivity contribution in [3.8, 4) is 5.75 Å². The van der Waals surface area contributed by atoms with E-state index in [4.69, 9.17) is 4.74 Å². The van der Waals surface area contributed by atoms with Gasteiger partial charge in [-0.2, -0.15) is 0 Å². The molecule has 0 radical (unpaired) electrons. The largest absolute Gasteiger partial charge is 0.496 e. The van der Waals surface area contributed by atoms with Gasteiger partial charge >= 0.3 is 5.69 Å². The second kappa shape index (κ2) is 5.13. The molecule has 1 aromatic heterocycles. The summed E-state index contributed by atoms with van der Waals surface area (Å²) in [5.74, 6) is 0.808. The molecule has 1 aliphatic rings. The molecule has 1 aliphatic heterocycles. The van der Waals surface area contributed by atoms with Crippen LogP contribution in [0.5, 0.6) is 5.75 Å². The summed E-state index contributed by atoms with van der Waals surface area (Å²) in [7, 11) is 1.52. The van der Waals surface area contributed by atoms with Crippen LogP contribution < -0.4 is 21.3 Å². The Kier molecular flexibility index (Phi) is 3.31. The lowest BCUT2D eigenvalue weighted by Gasteiger charge is -2.12. The molecule has 0 amide bonds. The Bertz CT molecular complexity index is 741. The fraction of sp³-hybridized carbons (Fsp3) is 0.429. The van der Waals surface area contributed by atoms with Gasteiger partial charge in [0.2, 0.25) is 0 Å². The van der Waals surface area contributed by atoms with Gasteiger partial charge in [-0.05, 0) is 37.6 Å². The molecule has 1 saturated heterocycles. The topological polar surface area (TPSA) is 76.1 Å². The SMILES string of the molecule is COc1cccc2[nH]c(=O)n(CC3CCNC3)c(=O)c12. The van der Waals surface area contributed by atoms with Crippen molar-refractivity contribution in [3.63, 3.8) is 0 Å². The molecule has 6 heteroatoms. The number of methoxy groups -OCH3 is 1. The molecule has 0 aliphatic carbocycles. The van der Waals surface area contributed by atoms with Crippen LogP contribution in [0.1, 0.15) is 6.42 Å². The fourth-order valence-corrected chi connectivity index (χ4v) is 2.73. The van der Waals surface area contributed by atoms with Gasteiger partial charge in [0.25, 0.3) is 5.56 Å². The van der Waals surface area contributed by atoms with Gasteiger partial charge in [-0.1, -0.05) is 6.07 Å². The van der Waals surface area contributed by atoms with E-state index >= 15 is 0 Å². The maximum absolute atomic E-state index is 12.6. The van der Waals surface area contributed by atoms with Crippen LogP contribution in [0.25, 0.3) is 10.9 Å². The summed E-state index contributed by atoms with van der Waals surface area (Å²) in [6.45, 7) is 2.22. The molecule has 2 heterocycles. The Morgan fingerprint density at radius 1 is 1.40 bits per heavy atom. The highest BCUT2D eigenvalue weighted by atomic mass is 16.5. The van der Waals surface area contributed by atoms with Crippen LogP contribution in [-0.2, 0) is 6.54 Å². The van der Waals surface area contributed by atoms with Crippen molar-refractivity contribution in [2.75, 3.05) is 20.2 Å². The Morgan fingerprint density at radius 3 is 2.95 bits per heavy atom. The number of aromatic nitrogens is 2. The number of nitrogens with one attached hydrogen (secondary N) is 2. The molecule has 0 saturated carbocycles. The molecule has 2 N–H and O–H groups in total. The Morgan fingerprint density at radius 2 is 2.25 bits per heavy atom. The maximum Gasteiger partial charge on any atom is 0.328 e. The van der Waals surface area contributed by atoms with Crippen molar-refractivity contribution >= 4 is 10.9 Å². The first kappa shape index (κ1) is 12.9. The maximum atomic E-state index is 12.6. The van der Waals surface area contributed by atoms with E-state index in [9.17, 15) is 9.59 Å². The molecule has 1 fully saturated rings. The number of hydrogen-bond donors (Lipinski definition) is 2. The zero-order valence-electron chi connectivity index (χ0n) is 11.3. The van der Waals surface area contributed by atoms with Gasteiger partial charge in [0.05, 0.1) is 12.6 Å². The number of aromatic amines is 1. The van der Waals surface area contributed by atoms with E-state index in [1.165, 1.54) is 11.7 Å². The zero-order valence-corrected chi connectivity index (χ0v) is 11.3. The third kappa shape index (κ3) is 2.12. The molecule has 1 atom stereocenters. The van der Waals surface area contributed by atoms with E-state index < -0.39 is 0 Å². The molecule has 1 unspecified atom stereocenters. The third-order valence-corrected chi connectivity index (χ3v) is 3.80. The van der Waals surface area contributed by atoms with Crippen LogP contribution in [0.15, 0.2) is 27.8 Å². The second-order valence-corrected chi connectivity index (χ2v) is 5.09. The fourth-order valence-electron chi connectivity index (χ4n) is 2.73. The molecule has 1 aromatic carbocycles. The average Bonchev–Trinajstić information content (AvgIpc) is 2.95. The van der Waals surface area contributed by atoms with Gasteiger partial charge in [-0.15, -0.1) is 0 Å². The molecule has 6 nitrogen and oxygen atoms in total. The Hall–Kier alpha value is -2.08. The predicted octanol–water partition coefficient (Wildman–Crippen LogP) is 0.308. The van der Waals surface area contributed by atoms with Gasteiger partial charge < -0.3 is 15.0 Å². The van der Waals surface area contributed by atoms with E-state index in [0.29, 0.717) is 29.1 Å². The highest BCUT2D eigenvalue weighted by molar-refractivity contribution is 5.83. The van der Waals surface area contributed by atoms with E-state index in [2.05, 4.69) is 10.3 Å². The molecule has 20 heavy (non-hydrogen) atoms. The minimum absolute atomic E-state index is 0.284. The van der Waals surface area contributed by atoms with Crippen molar-refractivity contribution in [2.24, 2.45) is 5.92 Å². The number of fused-ring (bicyclic) bond motifs is 1.